The SMILES string of the molecule is CCc1cc(Nc2cc(=O)n(CCC[C@H](c3cc4[nH]c(-c5ccc(F)cc5F)c(C(=O)O)c(=O)c4cc3F)N3CCNC(C)C3)c(=O)[nH]2)ccc1C. The Morgan fingerprint density at radius 1 is 1.02 bits per heavy atom. The van der Waals surface area contributed by atoms with Gasteiger partial charge >= 0.3 is 11.7 Å². The Balaban J connectivity index is 1.33. The van der Waals surface area contributed by atoms with Crippen LogP contribution in [0.4, 0.5) is 24.7 Å². The first-order chi connectivity index (χ1) is 24.8. The number of halogens is 3. The molecule has 3 heterocycles. The Morgan fingerprint density at radius 3 is 2.50 bits per heavy atom. The second-order valence-corrected chi connectivity index (χ2v) is 13.2. The number of anilines is 2. The van der Waals surface area contributed by atoms with E-state index in [-0.39, 0.29) is 46.1 Å². The van der Waals surface area contributed by atoms with Crippen LogP contribution in [0.25, 0.3) is 22.2 Å². The highest BCUT2D eigenvalue weighted by molar-refractivity contribution is 5.99. The number of aromatic nitrogens is 3. The summed E-state index contributed by atoms with van der Waals surface area (Å²) in [6.45, 7) is 7.80. The van der Waals surface area contributed by atoms with Crippen LogP contribution >= 0.6 is 0 Å². The first-order valence-electron chi connectivity index (χ1n) is 17.1. The predicted molar refractivity (Wildman–Crippen MR) is 193 cm³/mol. The molecule has 52 heavy (non-hydrogen) atoms. The van der Waals surface area contributed by atoms with Crippen molar-refractivity contribution in [1.82, 2.24) is 24.8 Å². The summed E-state index contributed by atoms with van der Waals surface area (Å²) >= 11 is 0. The number of carboxylic acid groups (broad SMARTS) is 1. The molecule has 6 rings (SSSR count). The standard InChI is InChI=1S/C38H39F3N6O5/c1-4-22-14-24(9-7-20(22)2)43-32-18-33(48)47(38(52)45-32)12-5-6-31(46-13-11-42-21(3)19-46)26-17-30-27(16-29(26)41)36(49)34(37(50)51)35(44-30)25-10-8-23(39)15-28(25)40/h7-10,14-18,21,31,42-43H,4-6,11-13,19H2,1-3H3,(H,44,49)(H,45,52)(H,50,51)/t21?,31-/m1/s1. The molecule has 2 aromatic heterocycles. The van der Waals surface area contributed by atoms with Gasteiger partial charge in [-0.1, -0.05) is 13.0 Å². The van der Waals surface area contributed by atoms with Gasteiger partial charge in [0.15, 0.2) is 0 Å². The number of carboxylic acids is 1. The van der Waals surface area contributed by atoms with Gasteiger partial charge in [0.2, 0.25) is 5.43 Å². The smallest absolute Gasteiger partial charge is 0.341 e. The van der Waals surface area contributed by atoms with Crippen molar-refractivity contribution in [3.8, 4) is 11.3 Å². The lowest BCUT2D eigenvalue weighted by Crippen LogP contribution is -2.50. The van der Waals surface area contributed by atoms with Gasteiger partial charge in [0.25, 0.3) is 5.56 Å². The number of H-pyrrole nitrogens is 2. The van der Waals surface area contributed by atoms with E-state index in [2.05, 4.69) is 25.5 Å². The van der Waals surface area contributed by atoms with Crippen molar-refractivity contribution in [2.75, 3.05) is 25.0 Å². The molecule has 1 unspecified atom stereocenters. The summed E-state index contributed by atoms with van der Waals surface area (Å²) in [4.78, 5) is 59.4. The van der Waals surface area contributed by atoms with Gasteiger partial charge in [0.1, 0.15) is 28.8 Å². The fourth-order valence-corrected chi connectivity index (χ4v) is 6.99. The van der Waals surface area contributed by atoms with Crippen molar-refractivity contribution in [1.29, 1.82) is 0 Å². The zero-order valence-electron chi connectivity index (χ0n) is 28.9. The molecule has 0 spiro atoms. The van der Waals surface area contributed by atoms with Crippen molar-refractivity contribution < 1.29 is 23.1 Å². The number of fused-ring (bicyclic) bond motifs is 1. The second-order valence-electron chi connectivity index (χ2n) is 13.2. The lowest BCUT2D eigenvalue weighted by molar-refractivity contribution is 0.0696. The van der Waals surface area contributed by atoms with E-state index in [9.17, 15) is 33.1 Å². The molecule has 11 nitrogen and oxygen atoms in total. The van der Waals surface area contributed by atoms with Gasteiger partial charge in [0, 0.05) is 72.6 Å². The number of hydrogen-bond acceptors (Lipinski definition) is 7. The van der Waals surface area contributed by atoms with Crippen LogP contribution in [0.2, 0.25) is 0 Å². The second kappa shape index (κ2) is 15.0. The molecule has 0 amide bonds. The molecule has 0 bridgehead atoms. The number of aromatic amines is 2. The van der Waals surface area contributed by atoms with Gasteiger partial charge in [-0.2, -0.15) is 0 Å². The molecule has 0 radical (unpaired) electrons. The molecule has 0 saturated carbocycles. The first-order valence-corrected chi connectivity index (χ1v) is 17.1. The van der Waals surface area contributed by atoms with Gasteiger partial charge in [-0.25, -0.2) is 22.8 Å². The topological polar surface area (TPSA) is 152 Å². The van der Waals surface area contributed by atoms with Crippen LogP contribution in [-0.2, 0) is 13.0 Å². The molecule has 5 aromatic rings. The zero-order valence-corrected chi connectivity index (χ0v) is 28.9. The summed E-state index contributed by atoms with van der Waals surface area (Å²) in [6.07, 6.45) is 1.44. The van der Waals surface area contributed by atoms with Gasteiger partial charge in [0.05, 0.1) is 11.2 Å². The van der Waals surface area contributed by atoms with Crippen LogP contribution in [-0.4, -0.2) is 56.2 Å². The summed E-state index contributed by atoms with van der Waals surface area (Å²) in [5, 5.41) is 16.1. The van der Waals surface area contributed by atoms with Crippen molar-refractivity contribution >= 4 is 28.4 Å². The largest absolute Gasteiger partial charge is 0.477 e. The van der Waals surface area contributed by atoms with Crippen molar-refractivity contribution in [2.24, 2.45) is 0 Å². The lowest BCUT2D eigenvalue weighted by Gasteiger charge is -2.38. The number of rotatable bonds is 11. The highest BCUT2D eigenvalue weighted by Gasteiger charge is 2.29. The zero-order chi connectivity index (χ0) is 37.3. The number of aromatic carboxylic acids is 1. The van der Waals surface area contributed by atoms with Crippen LogP contribution in [0.5, 0.6) is 0 Å². The number of aryl methyl sites for hydroxylation is 2. The number of piperazine rings is 1. The summed E-state index contributed by atoms with van der Waals surface area (Å²) in [5.41, 5.74) is -0.395. The fraction of sp³-hybridized carbons (Fsp3) is 0.316. The normalized spacial score (nSPS) is 15.5. The number of carbonyl (C=O) groups is 1. The number of nitrogens with zero attached hydrogens (tertiary/aromatic N) is 2. The molecule has 2 atom stereocenters. The predicted octanol–water partition coefficient (Wildman–Crippen LogP) is 5.59. The molecular formula is C38H39F3N6O5. The minimum Gasteiger partial charge on any atom is -0.477 e. The van der Waals surface area contributed by atoms with Gasteiger partial charge in [-0.15, -0.1) is 0 Å². The Labute approximate surface area is 296 Å². The van der Waals surface area contributed by atoms with Crippen LogP contribution in [0.3, 0.4) is 0 Å². The minimum atomic E-state index is -1.66. The third kappa shape index (κ3) is 7.44. The highest BCUT2D eigenvalue weighted by Crippen LogP contribution is 2.33. The Bertz CT molecular complexity index is 2320. The number of hydrogen-bond donors (Lipinski definition) is 5. The van der Waals surface area contributed by atoms with Crippen molar-refractivity contribution in [2.45, 2.75) is 58.7 Å². The van der Waals surface area contributed by atoms with Crippen molar-refractivity contribution in [3.05, 3.63) is 125 Å². The highest BCUT2D eigenvalue weighted by atomic mass is 19.1. The van der Waals surface area contributed by atoms with E-state index in [1.54, 1.807) is 0 Å². The third-order valence-corrected chi connectivity index (χ3v) is 9.62. The molecule has 0 aliphatic carbocycles. The fourth-order valence-electron chi connectivity index (χ4n) is 6.99. The third-order valence-electron chi connectivity index (χ3n) is 9.62. The maximum atomic E-state index is 16.1. The number of benzene rings is 3. The Morgan fingerprint density at radius 2 is 1.81 bits per heavy atom. The van der Waals surface area contributed by atoms with Gasteiger partial charge in [-0.3, -0.25) is 24.0 Å². The molecule has 1 fully saturated rings. The van der Waals surface area contributed by atoms with Crippen LogP contribution in [0.1, 0.15) is 59.8 Å². The van der Waals surface area contributed by atoms with Crippen LogP contribution in [0, 0.1) is 24.4 Å². The number of nitrogens with one attached hydrogen (secondary N) is 4. The minimum absolute atomic E-state index is 0.0408. The molecule has 1 aliphatic rings. The molecule has 3 aromatic carbocycles. The Hall–Kier alpha value is -5.47. The first kappa shape index (κ1) is 36.3. The van der Waals surface area contributed by atoms with E-state index in [0.717, 1.165) is 46.0 Å². The van der Waals surface area contributed by atoms with E-state index < -0.39 is 51.7 Å². The molecular weight excluding hydrogens is 677 g/mol. The van der Waals surface area contributed by atoms with E-state index >= 15 is 4.39 Å². The monoisotopic (exact) mass is 716 g/mol. The maximum Gasteiger partial charge on any atom is 0.341 e. The average Bonchev–Trinajstić information content (AvgIpc) is 3.08. The summed E-state index contributed by atoms with van der Waals surface area (Å²) in [6, 6.07) is 11.5. The van der Waals surface area contributed by atoms with Crippen LogP contribution in [0.15, 0.2) is 69.0 Å². The molecule has 1 aliphatic heterocycles. The van der Waals surface area contributed by atoms with Crippen molar-refractivity contribution in [3.63, 3.8) is 0 Å². The van der Waals surface area contributed by atoms with Gasteiger partial charge < -0.3 is 20.7 Å². The van der Waals surface area contributed by atoms with Crippen LogP contribution < -0.4 is 27.3 Å². The summed E-state index contributed by atoms with van der Waals surface area (Å²) in [5.74, 6) is -4.12. The molecule has 272 valence electrons. The van der Waals surface area contributed by atoms with E-state index in [0.29, 0.717) is 38.5 Å². The molecule has 1 saturated heterocycles. The van der Waals surface area contributed by atoms with Gasteiger partial charge in [-0.05, 0) is 80.6 Å². The van der Waals surface area contributed by atoms with E-state index in [1.165, 1.54) is 12.1 Å². The molecule has 14 heteroatoms. The van der Waals surface area contributed by atoms with E-state index in [1.807, 2.05) is 39.0 Å². The summed E-state index contributed by atoms with van der Waals surface area (Å²) < 4.78 is 45.8. The quantitative estimate of drug-likeness (QED) is 0.119. The Kier molecular flexibility index (Phi) is 10.5. The lowest BCUT2D eigenvalue weighted by atomic mass is 9.95. The average molecular weight is 717 g/mol. The molecule has 5 N–H and O–H groups in total. The number of pyridine rings is 1. The van der Waals surface area contributed by atoms with E-state index in [4.69, 9.17) is 0 Å². The summed E-state index contributed by atoms with van der Waals surface area (Å²) in [7, 11) is 0. The maximum absolute atomic E-state index is 16.1.